The lowest BCUT2D eigenvalue weighted by Crippen LogP contribution is -2.47. The Hall–Kier alpha value is -2.16. The maximum atomic E-state index is 13.5. The molecule has 2 aromatic rings. The van der Waals surface area contributed by atoms with E-state index in [0.717, 1.165) is 21.0 Å². The Balaban J connectivity index is 2.28. The van der Waals surface area contributed by atoms with Gasteiger partial charge >= 0.3 is 6.09 Å². The number of aryl methyl sites for hydroxylation is 1. The van der Waals surface area contributed by atoms with Crippen LogP contribution in [0.5, 0.6) is 0 Å². The van der Waals surface area contributed by atoms with Crippen LogP contribution in [-0.4, -0.2) is 39.3 Å². The molecule has 0 N–H and O–H groups in total. The number of amides is 1. The highest BCUT2D eigenvalue weighted by atomic mass is 32.2. The Bertz CT molecular complexity index is 1150. The van der Waals surface area contributed by atoms with Crippen LogP contribution >= 0.6 is 0 Å². The second kappa shape index (κ2) is 12.8. The molecule has 0 heterocycles. The third-order valence-corrected chi connectivity index (χ3v) is 14.8. The summed E-state index contributed by atoms with van der Waals surface area (Å²) in [4.78, 5) is 13.1. The number of sulfonamides is 1. The number of rotatable bonds is 11. The Labute approximate surface area is 231 Å². The summed E-state index contributed by atoms with van der Waals surface area (Å²) in [6.45, 7) is 21.1. The van der Waals surface area contributed by atoms with Crippen molar-refractivity contribution < 1.29 is 22.4 Å². The van der Waals surface area contributed by atoms with Crippen LogP contribution in [0.4, 0.5) is 4.79 Å². The van der Waals surface area contributed by atoms with E-state index in [-0.39, 0.29) is 11.4 Å². The van der Waals surface area contributed by atoms with E-state index in [1.807, 2.05) is 31.2 Å². The van der Waals surface area contributed by atoms with Crippen LogP contribution < -0.4 is 0 Å². The van der Waals surface area contributed by atoms with Crippen molar-refractivity contribution in [2.75, 3.05) is 6.54 Å². The molecule has 1 amide bonds. The van der Waals surface area contributed by atoms with Crippen molar-refractivity contribution in [3.8, 4) is 0 Å². The van der Waals surface area contributed by atoms with Gasteiger partial charge in [-0.2, -0.15) is 0 Å². The van der Waals surface area contributed by atoms with Crippen LogP contribution in [-0.2, 0) is 32.2 Å². The van der Waals surface area contributed by atoms with E-state index in [1.165, 1.54) is 12.1 Å². The molecule has 0 aliphatic carbocycles. The van der Waals surface area contributed by atoms with Crippen molar-refractivity contribution in [2.45, 2.75) is 109 Å². The molecule has 0 fully saturated rings. The Kier molecular flexibility index (Phi) is 10.8. The molecule has 0 aromatic heterocycles. The van der Waals surface area contributed by atoms with E-state index >= 15 is 0 Å². The first kappa shape index (κ1) is 32.1. The molecule has 0 bridgehead atoms. The third-order valence-electron chi connectivity index (χ3n) is 7.00. The molecule has 0 aliphatic rings. The zero-order valence-electron chi connectivity index (χ0n) is 24.9. The molecule has 0 saturated carbocycles. The zero-order valence-corrected chi connectivity index (χ0v) is 26.7. The van der Waals surface area contributed by atoms with E-state index in [9.17, 15) is 13.2 Å². The first-order chi connectivity index (χ1) is 17.5. The largest absolute Gasteiger partial charge is 0.443 e. The van der Waals surface area contributed by atoms with E-state index in [0.29, 0.717) is 29.7 Å². The Morgan fingerprint density at radius 3 is 1.92 bits per heavy atom. The highest BCUT2D eigenvalue weighted by Crippen LogP contribution is 2.42. The Morgan fingerprint density at radius 2 is 1.42 bits per heavy atom. The minimum absolute atomic E-state index is 0.0297. The highest BCUT2D eigenvalue weighted by Gasteiger charge is 2.45. The zero-order chi connectivity index (χ0) is 28.9. The van der Waals surface area contributed by atoms with E-state index in [2.05, 4.69) is 41.5 Å². The van der Waals surface area contributed by atoms with Crippen LogP contribution in [0.15, 0.2) is 53.4 Å². The summed E-state index contributed by atoms with van der Waals surface area (Å²) in [6.07, 6.45) is -0.515. The average Bonchev–Trinajstić information content (AvgIpc) is 2.78. The number of hydrogen-bond donors (Lipinski definition) is 0. The SMILES string of the molecule is Cc1ccc(S(=O)(=O)N(CCc2cccc(CO[Si](C(C)C)(C(C)C)C(C)C)c2)C(=O)OC(C)(C)C)cc1. The number of benzene rings is 2. The highest BCUT2D eigenvalue weighted by molar-refractivity contribution is 7.89. The van der Waals surface area contributed by atoms with Gasteiger partial charge in [-0.1, -0.05) is 83.5 Å². The van der Waals surface area contributed by atoms with Gasteiger partial charge in [-0.3, -0.25) is 0 Å². The first-order valence-electron chi connectivity index (χ1n) is 13.5. The van der Waals surface area contributed by atoms with Gasteiger partial charge in [-0.05, 0) is 74.0 Å². The molecule has 0 aliphatic heterocycles. The maximum Gasteiger partial charge on any atom is 0.424 e. The molecular formula is C30H47NO5SSi. The molecule has 0 atom stereocenters. The Morgan fingerprint density at radius 1 is 0.895 bits per heavy atom. The second-order valence-corrected chi connectivity index (χ2v) is 19.4. The van der Waals surface area contributed by atoms with Gasteiger partial charge in [0, 0.05) is 6.54 Å². The molecular weight excluding hydrogens is 514 g/mol. The summed E-state index contributed by atoms with van der Waals surface area (Å²) in [5.41, 5.74) is 3.55. The quantitative estimate of drug-likeness (QED) is 0.261. The molecule has 0 unspecified atom stereocenters. The molecule has 2 aromatic carbocycles. The van der Waals surface area contributed by atoms with Crippen LogP contribution in [0, 0.1) is 6.92 Å². The van der Waals surface area contributed by atoms with Crippen molar-refractivity contribution in [2.24, 2.45) is 0 Å². The third kappa shape index (κ3) is 7.93. The maximum absolute atomic E-state index is 13.5. The number of carbonyl (C=O) groups excluding carboxylic acids is 1. The van der Waals surface area contributed by atoms with Crippen LogP contribution in [0.3, 0.4) is 0 Å². The molecule has 0 radical (unpaired) electrons. The standard InChI is InChI=1S/C30H47NO5SSi/c1-22(2)38(23(3)4,24(5)6)35-21-27-13-11-12-26(20-27)18-19-31(29(32)36-30(8,9)10)37(33,34)28-16-14-25(7)15-17-28/h11-17,20,22-24H,18-19,21H2,1-10H3. The van der Waals surface area contributed by atoms with Gasteiger partial charge in [-0.15, -0.1) is 0 Å². The predicted octanol–water partition coefficient (Wildman–Crippen LogP) is 7.86. The van der Waals surface area contributed by atoms with Gasteiger partial charge < -0.3 is 9.16 Å². The number of hydrogen-bond acceptors (Lipinski definition) is 5. The van der Waals surface area contributed by atoms with Crippen LogP contribution in [0.1, 0.15) is 79.0 Å². The van der Waals surface area contributed by atoms with Gasteiger partial charge in [0.1, 0.15) is 5.60 Å². The van der Waals surface area contributed by atoms with E-state index in [4.69, 9.17) is 9.16 Å². The predicted molar refractivity (Wildman–Crippen MR) is 157 cm³/mol. The van der Waals surface area contributed by atoms with Gasteiger partial charge in [-0.25, -0.2) is 17.5 Å². The summed E-state index contributed by atoms with van der Waals surface area (Å²) in [6, 6.07) is 14.5. The lowest BCUT2D eigenvalue weighted by molar-refractivity contribution is 0.0392. The fourth-order valence-electron chi connectivity index (χ4n) is 5.27. The van der Waals surface area contributed by atoms with Gasteiger partial charge in [0.25, 0.3) is 10.0 Å². The fourth-order valence-corrected chi connectivity index (χ4v) is 12.0. The van der Waals surface area contributed by atoms with Crippen molar-refractivity contribution in [3.05, 3.63) is 65.2 Å². The topological polar surface area (TPSA) is 72.9 Å². The van der Waals surface area contributed by atoms with Crippen molar-refractivity contribution in [3.63, 3.8) is 0 Å². The van der Waals surface area contributed by atoms with Crippen LogP contribution in [0.25, 0.3) is 0 Å². The monoisotopic (exact) mass is 561 g/mol. The smallest absolute Gasteiger partial charge is 0.424 e. The minimum Gasteiger partial charge on any atom is -0.443 e. The summed E-state index contributed by atoms with van der Waals surface area (Å²) in [7, 11) is -6.11. The summed E-state index contributed by atoms with van der Waals surface area (Å²) < 4.78 is 40.0. The molecule has 0 spiro atoms. The summed E-state index contributed by atoms with van der Waals surface area (Å²) in [5.74, 6) is 0. The van der Waals surface area contributed by atoms with Crippen molar-refractivity contribution >= 4 is 24.4 Å². The molecule has 6 nitrogen and oxygen atoms in total. The van der Waals surface area contributed by atoms with Gasteiger partial charge in [0.15, 0.2) is 0 Å². The normalized spacial score (nSPS) is 12.9. The lowest BCUT2D eigenvalue weighted by atomic mass is 10.1. The van der Waals surface area contributed by atoms with Gasteiger partial charge in [0.05, 0.1) is 11.5 Å². The molecule has 212 valence electrons. The number of ether oxygens (including phenoxy) is 1. The number of nitrogens with zero attached hydrogens (tertiary/aromatic N) is 1. The molecule has 2 rings (SSSR count). The fraction of sp³-hybridized carbons (Fsp3) is 0.567. The molecule has 0 saturated heterocycles. The van der Waals surface area contributed by atoms with Gasteiger partial charge in [0.2, 0.25) is 8.32 Å². The lowest BCUT2D eigenvalue weighted by Gasteiger charge is -2.42. The summed E-state index contributed by atoms with van der Waals surface area (Å²) >= 11 is 0. The van der Waals surface area contributed by atoms with Crippen molar-refractivity contribution in [1.82, 2.24) is 4.31 Å². The minimum atomic E-state index is -4.09. The van der Waals surface area contributed by atoms with Crippen LogP contribution in [0.2, 0.25) is 16.6 Å². The molecule has 38 heavy (non-hydrogen) atoms. The second-order valence-electron chi connectivity index (χ2n) is 12.0. The number of carbonyl (C=O) groups is 1. The van der Waals surface area contributed by atoms with E-state index in [1.54, 1.807) is 32.9 Å². The van der Waals surface area contributed by atoms with Crippen molar-refractivity contribution in [1.29, 1.82) is 0 Å². The average molecular weight is 562 g/mol. The molecule has 8 heteroatoms. The summed E-state index contributed by atoms with van der Waals surface area (Å²) in [5, 5.41) is 0. The first-order valence-corrected chi connectivity index (χ1v) is 17.1. The van der Waals surface area contributed by atoms with E-state index < -0.39 is 30.0 Å².